The molecule has 1 aromatic carbocycles. The standard InChI is InChI=1S/C20H18Cl2F3N3O2/c21-16-10-14(1-2-15(16)20(23,24)25)27-19(30)28-6-3-13(4-7-28)18-17(22)9-12(5-8-29)11-26-18/h1-3,9-11,29H,4-8H2,(H,27,30). The van der Waals surface area contributed by atoms with Crippen molar-refractivity contribution in [1.29, 1.82) is 0 Å². The maximum absolute atomic E-state index is 12.8. The van der Waals surface area contributed by atoms with Crippen molar-refractivity contribution in [3.8, 4) is 0 Å². The molecule has 1 aliphatic heterocycles. The SMILES string of the molecule is O=C(Nc1ccc(C(F)(F)F)c(Cl)c1)N1CC=C(c2ncc(CCO)cc2Cl)CC1. The number of carbonyl (C=O) groups excluding carboxylic acids is 1. The molecule has 0 fully saturated rings. The van der Waals surface area contributed by atoms with Gasteiger partial charge < -0.3 is 15.3 Å². The van der Waals surface area contributed by atoms with Gasteiger partial charge >= 0.3 is 12.2 Å². The number of amides is 2. The molecular weight excluding hydrogens is 442 g/mol. The molecule has 1 aromatic heterocycles. The maximum atomic E-state index is 12.8. The lowest BCUT2D eigenvalue weighted by atomic mass is 10.0. The number of rotatable bonds is 4. The second-order valence-corrected chi connectivity index (χ2v) is 7.51. The number of aromatic nitrogens is 1. The normalized spacial score (nSPS) is 14.5. The van der Waals surface area contributed by atoms with Crippen LogP contribution in [0.25, 0.3) is 5.57 Å². The van der Waals surface area contributed by atoms with Crippen LogP contribution in [-0.2, 0) is 12.6 Å². The molecule has 0 saturated carbocycles. The Morgan fingerprint density at radius 3 is 2.57 bits per heavy atom. The second kappa shape index (κ2) is 9.24. The summed E-state index contributed by atoms with van der Waals surface area (Å²) >= 11 is 12.0. The van der Waals surface area contributed by atoms with E-state index in [1.807, 2.05) is 6.08 Å². The molecule has 0 atom stereocenters. The lowest BCUT2D eigenvalue weighted by Crippen LogP contribution is -2.38. The molecule has 0 bridgehead atoms. The molecule has 0 unspecified atom stereocenters. The van der Waals surface area contributed by atoms with E-state index in [1.165, 1.54) is 4.90 Å². The number of hydrogen-bond donors (Lipinski definition) is 2. The summed E-state index contributed by atoms with van der Waals surface area (Å²) in [5.74, 6) is 0. The number of aliphatic hydroxyl groups excluding tert-OH is 1. The molecule has 10 heteroatoms. The van der Waals surface area contributed by atoms with E-state index in [1.54, 1.807) is 12.3 Å². The summed E-state index contributed by atoms with van der Waals surface area (Å²) < 4.78 is 38.4. The molecular formula is C20H18Cl2F3N3O2. The van der Waals surface area contributed by atoms with Crippen LogP contribution < -0.4 is 5.32 Å². The van der Waals surface area contributed by atoms with Gasteiger partial charge in [0.2, 0.25) is 0 Å². The molecule has 0 spiro atoms. The number of carbonyl (C=O) groups is 1. The van der Waals surface area contributed by atoms with Crippen molar-refractivity contribution in [1.82, 2.24) is 9.88 Å². The van der Waals surface area contributed by atoms with Gasteiger partial charge in [-0.3, -0.25) is 4.98 Å². The van der Waals surface area contributed by atoms with Crippen LogP contribution in [0.5, 0.6) is 0 Å². The zero-order valence-corrected chi connectivity index (χ0v) is 17.2. The first kappa shape index (κ1) is 22.4. The van der Waals surface area contributed by atoms with E-state index in [0.29, 0.717) is 36.6 Å². The predicted octanol–water partition coefficient (Wildman–Crippen LogP) is 5.26. The van der Waals surface area contributed by atoms with Gasteiger partial charge in [-0.25, -0.2) is 4.79 Å². The highest BCUT2D eigenvalue weighted by atomic mass is 35.5. The largest absolute Gasteiger partial charge is 0.417 e. The fourth-order valence-corrected chi connectivity index (χ4v) is 3.67. The Labute approximate surface area is 181 Å². The van der Waals surface area contributed by atoms with Crippen molar-refractivity contribution >= 4 is 40.5 Å². The Morgan fingerprint density at radius 2 is 2.00 bits per heavy atom. The Morgan fingerprint density at radius 1 is 1.23 bits per heavy atom. The fourth-order valence-electron chi connectivity index (χ4n) is 3.07. The number of anilines is 1. The van der Waals surface area contributed by atoms with Crippen LogP contribution in [-0.4, -0.2) is 40.7 Å². The summed E-state index contributed by atoms with van der Waals surface area (Å²) in [5.41, 5.74) is 1.59. The number of halogens is 5. The van der Waals surface area contributed by atoms with E-state index in [9.17, 15) is 18.0 Å². The number of nitrogens with one attached hydrogen (secondary N) is 1. The van der Waals surface area contributed by atoms with Gasteiger partial charge in [0.15, 0.2) is 0 Å². The monoisotopic (exact) mass is 459 g/mol. The van der Waals surface area contributed by atoms with Gasteiger partial charge in [0.25, 0.3) is 0 Å². The zero-order valence-electron chi connectivity index (χ0n) is 15.6. The van der Waals surface area contributed by atoms with E-state index >= 15 is 0 Å². The molecule has 3 rings (SSSR count). The van der Waals surface area contributed by atoms with Gasteiger partial charge in [-0.2, -0.15) is 13.2 Å². The highest BCUT2D eigenvalue weighted by molar-refractivity contribution is 6.32. The molecule has 0 aliphatic carbocycles. The van der Waals surface area contributed by atoms with Crippen LogP contribution in [0.2, 0.25) is 10.0 Å². The summed E-state index contributed by atoms with van der Waals surface area (Å²) in [6, 6.07) is 4.38. The third-order valence-corrected chi connectivity index (χ3v) is 5.23. The van der Waals surface area contributed by atoms with Gasteiger partial charge in [0.05, 0.1) is 21.3 Å². The molecule has 160 valence electrons. The summed E-state index contributed by atoms with van der Waals surface area (Å²) in [4.78, 5) is 18.3. The van der Waals surface area contributed by atoms with E-state index < -0.39 is 22.8 Å². The molecule has 0 radical (unpaired) electrons. The Hall–Kier alpha value is -2.29. The van der Waals surface area contributed by atoms with Crippen molar-refractivity contribution in [3.63, 3.8) is 0 Å². The van der Waals surface area contributed by atoms with Gasteiger partial charge in [-0.05, 0) is 48.2 Å². The number of aliphatic hydroxyl groups is 1. The first-order valence-electron chi connectivity index (χ1n) is 9.06. The van der Waals surface area contributed by atoms with Crippen LogP contribution >= 0.6 is 23.2 Å². The smallest absolute Gasteiger partial charge is 0.396 e. The maximum Gasteiger partial charge on any atom is 0.417 e. The Balaban J connectivity index is 1.65. The number of benzene rings is 1. The summed E-state index contributed by atoms with van der Waals surface area (Å²) in [6.07, 6.45) is -0.0744. The van der Waals surface area contributed by atoms with E-state index in [0.717, 1.165) is 29.3 Å². The predicted molar refractivity (Wildman–Crippen MR) is 110 cm³/mol. The number of pyridine rings is 1. The summed E-state index contributed by atoms with van der Waals surface area (Å²) in [6.45, 7) is 0.697. The van der Waals surface area contributed by atoms with Crippen molar-refractivity contribution in [2.75, 3.05) is 25.0 Å². The lowest BCUT2D eigenvalue weighted by molar-refractivity contribution is -0.137. The van der Waals surface area contributed by atoms with Crippen LogP contribution in [0.4, 0.5) is 23.7 Å². The third kappa shape index (κ3) is 5.24. The summed E-state index contributed by atoms with van der Waals surface area (Å²) in [7, 11) is 0. The lowest BCUT2D eigenvalue weighted by Gasteiger charge is -2.27. The van der Waals surface area contributed by atoms with Crippen molar-refractivity contribution in [2.24, 2.45) is 0 Å². The first-order valence-corrected chi connectivity index (χ1v) is 9.82. The minimum absolute atomic E-state index is 0.00820. The topological polar surface area (TPSA) is 65.5 Å². The van der Waals surface area contributed by atoms with Gasteiger partial charge in [0.1, 0.15) is 0 Å². The minimum atomic E-state index is -4.56. The molecule has 0 saturated heterocycles. The molecule has 30 heavy (non-hydrogen) atoms. The average Bonchev–Trinajstić information content (AvgIpc) is 2.67. The number of urea groups is 1. The molecule has 2 N–H and O–H groups in total. The molecule has 2 heterocycles. The molecule has 1 aliphatic rings. The minimum Gasteiger partial charge on any atom is -0.396 e. The Kier molecular flexibility index (Phi) is 6.90. The van der Waals surface area contributed by atoms with Crippen molar-refractivity contribution in [2.45, 2.75) is 19.0 Å². The number of nitrogens with zero attached hydrogens (tertiary/aromatic N) is 2. The van der Waals surface area contributed by atoms with Crippen molar-refractivity contribution < 1.29 is 23.1 Å². The number of hydrogen-bond acceptors (Lipinski definition) is 3. The van der Waals surface area contributed by atoms with Crippen LogP contribution in [0.15, 0.2) is 36.5 Å². The van der Waals surface area contributed by atoms with Gasteiger partial charge in [0, 0.05) is 31.6 Å². The molecule has 2 aromatic rings. The number of alkyl halides is 3. The van der Waals surface area contributed by atoms with E-state index in [-0.39, 0.29) is 12.3 Å². The molecule has 5 nitrogen and oxygen atoms in total. The molecule has 2 amide bonds. The quantitative estimate of drug-likeness (QED) is 0.654. The highest BCUT2D eigenvalue weighted by Gasteiger charge is 2.33. The van der Waals surface area contributed by atoms with E-state index in [4.69, 9.17) is 28.3 Å². The van der Waals surface area contributed by atoms with Gasteiger partial charge in [-0.1, -0.05) is 29.3 Å². The van der Waals surface area contributed by atoms with Crippen LogP contribution in [0.1, 0.15) is 23.2 Å². The van der Waals surface area contributed by atoms with Gasteiger partial charge in [-0.15, -0.1) is 0 Å². The second-order valence-electron chi connectivity index (χ2n) is 6.70. The van der Waals surface area contributed by atoms with Crippen LogP contribution in [0.3, 0.4) is 0 Å². The van der Waals surface area contributed by atoms with Crippen molar-refractivity contribution in [3.05, 3.63) is 63.4 Å². The Bertz CT molecular complexity index is 980. The zero-order chi connectivity index (χ0) is 21.9. The summed E-state index contributed by atoms with van der Waals surface area (Å²) in [5, 5.41) is 11.6. The first-order chi connectivity index (χ1) is 14.2. The highest BCUT2D eigenvalue weighted by Crippen LogP contribution is 2.36. The third-order valence-electron chi connectivity index (χ3n) is 4.62. The average molecular weight is 460 g/mol. The van der Waals surface area contributed by atoms with E-state index in [2.05, 4.69) is 10.3 Å². The van der Waals surface area contributed by atoms with Crippen LogP contribution in [0, 0.1) is 0 Å². The fraction of sp³-hybridized carbons (Fsp3) is 0.300.